The lowest BCUT2D eigenvalue weighted by atomic mass is 10.0. The molecule has 6 heteroatoms. The average molecular weight is 429 g/mol. The Morgan fingerprint density at radius 2 is 1.75 bits per heavy atom. The molecule has 0 aliphatic rings. The van der Waals surface area contributed by atoms with Crippen molar-refractivity contribution in [3.63, 3.8) is 0 Å². The van der Waals surface area contributed by atoms with Crippen molar-refractivity contribution in [1.29, 1.82) is 0 Å². The molecule has 32 heavy (non-hydrogen) atoms. The zero-order valence-electron chi connectivity index (χ0n) is 18.0. The van der Waals surface area contributed by atoms with E-state index in [1.54, 1.807) is 44.4 Å². The Bertz CT molecular complexity index is 1280. The second-order valence-electron chi connectivity index (χ2n) is 7.86. The number of carbonyl (C=O) groups excluding carboxylic acids is 2. The number of rotatable bonds is 6. The number of fused-ring (bicyclic) bond motifs is 1. The van der Waals surface area contributed by atoms with Gasteiger partial charge in [0.2, 0.25) is 5.91 Å². The molecule has 5 nitrogen and oxygen atoms in total. The van der Waals surface area contributed by atoms with Crippen molar-refractivity contribution < 1.29 is 14.0 Å². The summed E-state index contributed by atoms with van der Waals surface area (Å²) in [6, 6.07) is 21.3. The van der Waals surface area contributed by atoms with E-state index in [0.29, 0.717) is 17.7 Å². The van der Waals surface area contributed by atoms with Gasteiger partial charge < -0.3 is 15.2 Å². The van der Waals surface area contributed by atoms with E-state index in [0.717, 1.165) is 27.7 Å². The molecule has 0 aliphatic heterocycles. The Morgan fingerprint density at radius 3 is 2.50 bits per heavy atom. The lowest BCUT2D eigenvalue weighted by Gasteiger charge is -2.12. The van der Waals surface area contributed by atoms with E-state index in [1.165, 1.54) is 17.0 Å². The molecule has 1 aromatic heterocycles. The molecule has 0 saturated heterocycles. The van der Waals surface area contributed by atoms with Crippen LogP contribution in [0.2, 0.25) is 0 Å². The second-order valence-corrected chi connectivity index (χ2v) is 7.86. The van der Waals surface area contributed by atoms with Crippen LogP contribution in [0, 0.1) is 5.82 Å². The summed E-state index contributed by atoms with van der Waals surface area (Å²) in [5, 5.41) is 3.64. The molecule has 4 aromatic rings. The van der Waals surface area contributed by atoms with Crippen LogP contribution in [0.25, 0.3) is 22.2 Å². The molecule has 0 fully saturated rings. The van der Waals surface area contributed by atoms with Crippen molar-refractivity contribution in [2.24, 2.45) is 0 Å². The van der Waals surface area contributed by atoms with E-state index in [1.807, 2.05) is 30.3 Å². The molecule has 0 bridgehead atoms. The van der Waals surface area contributed by atoms with Crippen LogP contribution in [0.15, 0.2) is 72.8 Å². The maximum atomic E-state index is 14.0. The fraction of sp³-hybridized carbons (Fsp3) is 0.154. The first-order valence-electron chi connectivity index (χ1n) is 10.4. The van der Waals surface area contributed by atoms with Crippen LogP contribution in [-0.2, 0) is 11.2 Å². The van der Waals surface area contributed by atoms with Gasteiger partial charge in [-0.15, -0.1) is 0 Å². The lowest BCUT2D eigenvalue weighted by Crippen LogP contribution is -2.22. The predicted molar refractivity (Wildman–Crippen MR) is 125 cm³/mol. The number of amides is 2. The molecule has 0 saturated carbocycles. The Balaban J connectivity index is 1.55. The summed E-state index contributed by atoms with van der Waals surface area (Å²) in [5.41, 5.74) is 4.67. The van der Waals surface area contributed by atoms with E-state index in [2.05, 4.69) is 10.3 Å². The third kappa shape index (κ3) is 4.54. The molecule has 162 valence electrons. The van der Waals surface area contributed by atoms with Gasteiger partial charge in [0, 0.05) is 48.4 Å². The highest BCUT2D eigenvalue weighted by Gasteiger charge is 2.16. The topological polar surface area (TPSA) is 65.2 Å². The van der Waals surface area contributed by atoms with Crippen LogP contribution in [0.1, 0.15) is 22.3 Å². The molecule has 2 N–H and O–H groups in total. The predicted octanol–water partition coefficient (Wildman–Crippen LogP) is 5.25. The third-order valence-corrected chi connectivity index (χ3v) is 5.33. The van der Waals surface area contributed by atoms with Crippen LogP contribution in [-0.4, -0.2) is 35.8 Å². The molecule has 0 spiro atoms. The normalized spacial score (nSPS) is 10.8. The third-order valence-electron chi connectivity index (χ3n) is 5.33. The maximum absolute atomic E-state index is 14.0. The number of H-pyrrole nitrogens is 1. The monoisotopic (exact) mass is 429 g/mol. The van der Waals surface area contributed by atoms with E-state index < -0.39 is 0 Å². The number of nitrogens with zero attached hydrogens (tertiary/aromatic N) is 1. The van der Waals surface area contributed by atoms with Gasteiger partial charge in [-0.1, -0.05) is 36.4 Å². The quantitative estimate of drug-likeness (QED) is 0.440. The molecule has 2 amide bonds. The van der Waals surface area contributed by atoms with Crippen LogP contribution in [0.4, 0.5) is 10.1 Å². The van der Waals surface area contributed by atoms with Crippen LogP contribution >= 0.6 is 0 Å². The molecule has 3 aromatic carbocycles. The Labute approximate surface area is 185 Å². The number of benzene rings is 3. The first-order valence-corrected chi connectivity index (χ1v) is 10.4. The highest BCUT2D eigenvalue weighted by atomic mass is 19.1. The largest absolute Gasteiger partial charge is 0.354 e. The summed E-state index contributed by atoms with van der Waals surface area (Å²) in [6.45, 7) is 0. The fourth-order valence-corrected chi connectivity index (χ4v) is 3.78. The minimum atomic E-state index is -0.316. The first-order chi connectivity index (χ1) is 15.4. The smallest absolute Gasteiger partial charge is 0.253 e. The van der Waals surface area contributed by atoms with Crippen LogP contribution in [0.3, 0.4) is 0 Å². The minimum absolute atomic E-state index is 0.130. The highest BCUT2D eigenvalue weighted by Crippen LogP contribution is 2.32. The van der Waals surface area contributed by atoms with Gasteiger partial charge in [0.25, 0.3) is 5.91 Å². The van der Waals surface area contributed by atoms with Gasteiger partial charge in [-0.05, 0) is 53.9 Å². The molecule has 4 rings (SSSR count). The molecule has 0 atom stereocenters. The van der Waals surface area contributed by atoms with Crippen molar-refractivity contribution in [1.82, 2.24) is 9.88 Å². The van der Waals surface area contributed by atoms with Crippen molar-refractivity contribution >= 4 is 28.4 Å². The van der Waals surface area contributed by atoms with Gasteiger partial charge in [0.15, 0.2) is 0 Å². The van der Waals surface area contributed by atoms with Crippen molar-refractivity contribution in [2.75, 3.05) is 19.4 Å². The number of aromatic nitrogens is 1. The number of halogens is 1. The van der Waals surface area contributed by atoms with Crippen molar-refractivity contribution in [3.05, 3.63) is 89.7 Å². The first kappa shape index (κ1) is 21.3. The van der Waals surface area contributed by atoms with Gasteiger partial charge >= 0.3 is 0 Å². The summed E-state index contributed by atoms with van der Waals surface area (Å²) in [5.74, 6) is -0.622. The Kier molecular flexibility index (Phi) is 6.03. The van der Waals surface area contributed by atoms with E-state index in [9.17, 15) is 14.0 Å². The van der Waals surface area contributed by atoms with Crippen molar-refractivity contribution in [2.45, 2.75) is 12.8 Å². The number of nitrogens with one attached hydrogen (secondary N) is 2. The number of anilines is 1. The summed E-state index contributed by atoms with van der Waals surface area (Å²) < 4.78 is 14.0. The molecular formula is C26H24FN3O2. The standard InChI is InChI=1S/C26H24FN3O2/c1-30(2)26(32)18-9-6-10-20(15-18)28-24(31)14-12-21-22-16-19(27)11-13-23(22)29-25(21)17-7-4-3-5-8-17/h3-11,13,15-16,29H,12,14H2,1-2H3,(H,28,31). The van der Waals surface area contributed by atoms with E-state index in [-0.39, 0.29) is 24.1 Å². The van der Waals surface area contributed by atoms with Crippen LogP contribution in [0.5, 0.6) is 0 Å². The minimum Gasteiger partial charge on any atom is -0.354 e. The fourth-order valence-electron chi connectivity index (χ4n) is 3.78. The summed E-state index contributed by atoms with van der Waals surface area (Å²) in [4.78, 5) is 29.7. The summed E-state index contributed by atoms with van der Waals surface area (Å²) in [7, 11) is 3.36. The van der Waals surface area contributed by atoms with Gasteiger partial charge in [-0.2, -0.15) is 0 Å². The van der Waals surface area contributed by atoms with Crippen LogP contribution < -0.4 is 5.32 Å². The number of aryl methyl sites for hydroxylation is 1. The SMILES string of the molecule is CN(C)C(=O)c1cccc(NC(=O)CCc2c(-c3ccccc3)[nH]c3ccc(F)cc23)c1. The van der Waals surface area contributed by atoms with Gasteiger partial charge in [-0.25, -0.2) is 4.39 Å². The molecule has 1 heterocycles. The van der Waals surface area contributed by atoms with Gasteiger partial charge in [0.1, 0.15) is 5.82 Å². The summed E-state index contributed by atoms with van der Waals surface area (Å²) >= 11 is 0. The second kappa shape index (κ2) is 9.06. The zero-order chi connectivity index (χ0) is 22.7. The average Bonchev–Trinajstić information content (AvgIpc) is 3.15. The van der Waals surface area contributed by atoms with E-state index >= 15 is 0 Å². The van der Waals surface area contributed by atoms with Gasteiger partial charge in [-0.3, -0.25) is 9.59 Å². The van der Waals surface area contributed by atoms with E-state index in [4.69, 9.17) is 0 Å². The highest BCUT2D eigenvalue weighted by molar-refractivity contribution is 5.97. The Hall–Kier alpha value is -3.93. The molecule has 0 radical (unpaired) electrons. The lowest BCUT2D eigenvalue weighted by molar-refractivity contribution is -0.116. The molecule has 0 unspecified atom stereocenters. The Morgan fingerprint density at radius 1 is 0.969 bits per heavy atom. The number of aromatic amines is 1. The van der Waals surface area contributed by atoms with Crippen molar-refractivity contribution in [3.8, 4) is 11.3 Å². The molecular weight excluding hydrogens is 405 g/mol. The summed E-state index contributed by atoms with van der Waals surface area (Å²) in [6.07, 6.45) is 0.658. The number of hydrogen-bond donors (Lipinski definition) is 2. The van der Waals surface area contributed by atoms with Gasteiger partial charge in [0.05, 0.1) is 0 Å². The maximum Gasteiger partial charge on any atom is 0.253 e. The zero-order valence-corrected chi connectivity index (χ0v) is 18.0. The molecule has 0 aliphatic carbocycles. The number of hydrogen-bond acceptors (Lipinski definition) is 2. The number of carbonyl (C=O) groups is 2.